The lowest BCUT2D eigenvalue weighted by Gasteiger charge is -2.08. The smallest absolute Gasteiger partial charge is 0.255 e. The maximum Gasteiger partial charge on any atom is 0.255 e. The van der Waals surface area contributed by atoms with Gasteiger partial charge >= 0.3 is 0 Å². The molecule has 0 saturated heterocycles. The molecule has 4 heteroatoms. The minimum absolute atomic E-state index is 0.446. The molecule has 1 aromatic carbocycles. The van der Waals surface area contributed by atoms with Crippen molar-refractivity contribution in [2.24, 2.45) is 0 Å². The summed E-state index contributed by atoms with van der Waals surface area (Å²) in [6.07, 6.45) is 0.780. The number of hydrogen-bond acceptors (Lipinski definition) is 3. The molecule has 0 N–H and O–H groups in total. The summed E-state index contributed by atoms with van der Waals surface area (Å²) in [5, 5.41) is 0. The summed E-state index contributed by atoms with van der Waals surface area (Å²) in [6.45, 7) is -2.89. The lowest BCUT2D eigenvalue weighted by Crippen LogP contribution is -2.17. The molecule has 18 heavy (non-hydrogen) atoms. The van der Waals surface area contributed by atoms with E-state index in [0.29, 0.717) is 4.57 Å². The van der Waals surface area contributed by atoms with E-state index in [0.717, 1.165) is 18.3 Å². The van der Waals surface area contributed by atoms with E-state index >= 15 is 0 Å². The van der Waals surface area contributed by atoms with Gasteiger partial charge in [-0.05, 0) is 35.8 Å². The lowest BCUT2D eigenvalue weighted by atomic mass is 10.2. The fraction of sp³-hybridized carbons (Fsp3) is 0.214. The van der Waals surface area contributed by atoms with Gasteiger partial charge in [-0.1, -0.05) is 0 Å². The molecule has 0 atom stereocenters. The molecule has 0 aliphatic heterocycles. The summed E-state index contributed by atoms with van der Waals surface area (Å²) in [7, 11) is -6.16. The van der Waals surface area contributed by atoms with Gasteiger partial charge in [0.15, 0.2) is 0 Å². The van der Waals surface area contributed by atoms with Crippen molar-refractivity contribution < 1.29 is 25.9 Å². The van der Waals surface area contributed by atoms with E-state index in [1.807, 2.05) is 0 Å². The summed E-state index contributed by atoms with van der Waals surface area (Å²) in [4.78, 5) is 12.3. The van der Waals surface area contributed by atoms with Crippen molar-refractivity contribution in [1.82, 2.24) is 4.57 Å². The Morgan fingerprint density at radius 2 is 2.17 bits per heavy atom. The van der Waals surface area contributed by atoms with Gasteiger partial charge in [-0.3, -0.25) is 9.36 Å². The topological polar surface area (TPSA) is 40.5 Å². The minimum atomic E-state index is -3.11. The van der Waals surface area contributed by atoms with E-state index in [1.165, 1.54) is 0 Å². The molecule has 1 aromatic heterocycles. The van der Waals surface area contributed by atoms with Crippen molar-refractivity contribution in [2.75, 3.05) is 14.1 Å². The van der Waals surface area contributed by atoms with Crippen LogP contribution in [-0.2, 0) is 11.3 Å². The van der Waals surface area contributed by atoms with Crippen LogP contribution in [0.3, 0.4) is 0 Å². The lowest BCUT2D eigenvalue weighted by molar-refractivity contribution is 0.184. The molecule has 2 rings (SSSR count). The molecule has 0 aliphatic rings. The van der Waals surface area contributed by atoms with Gasteiger partial charge in [-0.2, -0.15) is 0 Å². The SMILES string of the molecule is [2H]c1c([2H])c(-n2cc(C([2H])([2H])OC([2H])([2H])[2H])ccc2=O)c([2H])c([2H])c1OC([2H])([2H])[2H]. The zero-order valence-electron chi connectivity index (χ0n) is 20.9. The van der Waals surface area contributed by atoms with Gasteiger partial charge in [0.25, 0.3) is 5.56 Å². The average molecular weight is 257 g/mol. The van der Waals surface area contributed by atoms with Gasteiger partial charge in [-0.15, -0.1) is 0 Å². The Morgan fingerprint density at radius 3 is 2.89 bits per heavy atom. The fourth-order valence-electron chi connectivity index (χ4n) is 1.25. The second kappa shape index (κ2) is 5.51. The number of benzene rings is 1. The first-order valence-electron chi connectivity index (χ1n) is 10.7. The third-order valence-electron chi connectivity index (χ3n) is 2.01. The summed E-state index contributed by atoms with van der Waals surface area (Å²) in [6, 6.07) is -1.62. The van der Waals surface area contributed by atoms with E-state index in [2.05, 4.69) is 9.47 Å². The highest BCUT2D eigenvalue weighted by Crippen LogP contribution is 2.14. The Bertz CT molecular complexity index is 996. The molecule has 0 fully saturated rings. The van der Waals surface area contributed by atoms with Crippen LogP contribution in [0.4, 0.5) is 0 Å². The zero-order valence-corrected chi connectivity index (χ0v) is 8.90. The molecule has 0 spiro atoms. The van der Waals surface area contributed by atoms with Crippen molar-refractivity contribution in [1.29, 1.82) is 0 Å². The van der Waals surface area contributed by atoms with Crippen LogP contribution < -0.4 is 10.3 Å². The van der Waals surface area contributed by atoms with E-state index in [1.54, 1.807) is 0 Å². The monoisotopic (exact) mass is 257 g/mol. The summed E-state index contributed by atoms with van der Waals surface area (Å²) in [5.41, 5.74) is -1.94. The molecule has 0 aliphatic carbocycles. The molecule has 1 heterocycles. The standard InChI is InChI=1S/C14H15NO3/c1-17-10-11-3-8-14(16)15(9-11)12-4-6-13(18-2)7-5-12/h3-9H,10H2,1-2H3/i1D3,2D3,4D,5D,6D,7D,10D2. The fourth-order valence-corrected chi connectivity index (χ4v) is 1.25. The van der Waals surface area contributed by atoms with Gasteiger partial charge in [0.2, 0.25) is 0 Å². The maximum absolute atomic E-state index is 12.3. The van der Waals surface area contributed by atoms with Crippen LogP contribution in [0.25, 0.3) is 5.69 Å². The molecule has 0 amide bonds. The molecule has 0 bridgehead atoms. The second-order valence-electron chi connectivity index (χ2n) is 3.11. The summed E-state index contributed by atoms with van der Waals surface area (Å²) in [5.74, 6) is -0.848. The van der Waals surface area contributed by atoms with Gasteiger partial charge in [0.05, 0.1) is 30.0 Å². The van der Waals surface area contributed by atoms with Crippen LogP contribution in [-0.4, -0.2) is 18.6 Å². The highest BCUT2D eigenvalue weighted by Gasteiger charge is 2.02. The van der Waals surface area contributed by atoms with Crippen molar-refractivity contribution in [2.45, 2.75) is 6.56 Å². The Morgan fingerprint density at radius 1 is 1.33 bits per heavy atom. The van der Waals surface area contributed by atoms with Crippen LogP contribution in [0.15, 0.2) is 47.3 Å². The minimum Gasteiger partial charge on any atom is -0.497 e. The van der Waals surface area contributed by atoms with E-state index in [-0.39, 0.29) is 0 Å². The molecular weight excluding hydrogens is 230 g/mol. The first-order valence-corrected chi connectivity index (χ1v) is 4.68. The van der Waals surface area contributed by atoms with E-state index < -0.39 is 67.4 Å². The molecule has 0 saturated carbocycles. The second-order valence-corrected chi connectivity index (χ2v) is 3.11. The van der Waals surface area contributed by atoms with Gasteiger partial charge < -0.3 is 9.47 Å². The summed E-state index contributed by atoms with van der Waals surface area (Å²) < 4.78 is 99.5. The Labute approximate surface area is 122 Å². The third-order valence-corrected chi connectivity index (χ3v) is 2.01. The molecule has 0 radical (unpaired) electrons. The highest BCUT2D eigenvalue weighted by atomic mass is 16.5. The number of pyridine rings is 1. The van der Waals surface area contributed by atoms with Crippen LogP contribution in [0.1, 0.15) is 22.0 Å². The maximum atomic E-state index is 12.3. The summed E-state index contributed by atoms with van der Waals surface area (Å²) >= 11 is 0. The van der Waals surface area contributed by atoms with Crippen LogP contribution in [0.2, 0.25) is 0 Å². The zero-order chi connectivity index (χ0) is 23.2. The molecule has 4 nitrogen and oxygen atoms in total. The van der Waals surface area contributed by atoms with Crippen LogP contribution >= 0.6 is 0 Å². The number of nitrogens with zero attached hydrogens (tertiary/aromatic N) is 1. The van der Waals surface area contributed by atoms with Gasteiger partial charge in [-0.25, -0.2) is 0 Å². The molecule has 0 unspecified atom stereocenters. The number of ether oxygens (including phenoxy) is 2. The first-order chi connectivity index (χ1) is 13.4. The number of methoxy groups -OCH3 is 2. The number of rotatable bonds is 4. The Hall–Kier alpha value is -2.07. The largest absolute Gasteiger partial charge is 0.497 e. The first kappa shape index (κ1) is 4.24. The normalized spacial score (nSPS) is 22.2. The van der Waals surface area contributed by atoms with Gasteiger partial charge in [0.1, 0.15) is 5.75 Å². The predicted molar refractivity (Wildman–Crippen MR) is 69.3 cm³/mol. The van der Waals surface area contributed by atoms with Crippen LogP contribution in [0, 0.1) is 0 Å². The van der Waals surface area contributed by atoms with Crippen molar-refractivity contribution >= 4 is 0 Å². The van der Waals surface area contributed by atoms with E-state index in [4.69, 9.17) is 16.4 Å². The quantitative estimate of drug-likeness (QED) is 0.841. The van der Waals surface area contributed by atoms with Crippen molar-refractivity contribution in [3.63, 3.8) is 0 Å². The Balaban J connectivity index is 2.72. The highest BCUT2D eigenvalue weighted by molar-refractivity contribution is 5.38. The number of hydrogen-bond donors (Lipinski definition) is 0. The van der Waals surface area contributed by atoms with Crippen molar-refractivity contribution in [3.8, 4) is 11.4 Å². The molecular formula is C14H15NO3. The van der Waals surface area contributed by atoms with E-state index in [9.17, 15) is 4.79 Å². The molecule has 94 valence electrons. The number of aromatic nitrogens is 1. The Kier molecular flexibility index (Phi) is 1.30. The molecule has 2 aromatic rings. The van der Waals surface area contributed by atoms with Gasteiger partial charge in [0, 0.05) is 25.0 Å². The average Bonchev–Trinajstić information content (AvgIpc) is 2.55. The van der Waals surface area contributed by atoms with Crippen molar-refractivity contribution in [3.05, 3.63) is 58.4 Å². The predicted octanol–water partition coefficient (Wildman–Crippen LogP) is 1.99. The third kappa shape index (κ3) is 2.60. The van der Waals surface area contributed by atoms with Crippen LogP contribution in [0.5, 0.6) is 5.75 Å².